The standard InChI is InChI=1S/C11H13N5OS/c1-6-3-2-4-7-9(6)14-8(15-10(7)17)5-18-11(12)16-13/h2-4H,5,13H2,1H3,(H2,12,16)(H,14,15,17). The number of aromatic nitrogens is 2. The molecule has 0 unspecified atom stereocenters. The number of rotatable bonds is 2. The van der Waals surface area contributed by atoms with E-state index in [1.165, 1.54) is 11.8 Å². The highest BCUT2D eigenvalue weighted by molar-refractivity contribution is 8.13. The predicted molar refractivity (Wildman–Crippen MR) is 74.2 cm³/mol. The number of hydrogen-bond acceptors (Lipinski definition) is 5. The van der Waals surface area contributed by atoms with Gasteiger partial charge in [0, 0.05) is 0 Å². The minimum Gasteiger partial charge on any atom is -0.377 e. The molecule has 0 aliphatic carbocycles. The van der Waals surface area contributed by atoms with Gasteiger partial charge < -0.3 is 16.6 Å². The number of thioether (sulfide) groups is 1. The molecule has 1 aromatic carbocycles. The summed E-state index contributed by atoms with van der Waals surface area (Å²) < 4.78 is 0. The molecule has 2 aromatic rings. The van der Waals surface area contributed by atoms with Gasteiger partial charge >= 0.3 is 0 Å². The predicted octanol–water partition coefficient (Wildman–Crippen LogP) is 0.653. The van der Waals surface area contributed by atoms with Gasteiger partial charge in [-0.25, -0.2) is 4.98 Å². The minimum atomic E-state index is -0.150. The lowest BCUT2D eigenvalue weighted by atomic mass is 10.1. The summed E-state index contributed by atoms with van der Waals surface area (Å²) in [4.78, 5) is 19.0. The van der Waals surface area contributed by atoms with Crippen LogP contribution in [0.3, 0.4) is 0 Å². The van der Waals surface area contributed by atoms with E-state index in [4.69, 9.17) is 11.6 Å². The summed E-state index contributed by atoms with van der Waals surface area (Å²) >= 11 is 1.22. The third-order valence-corrected chi connectivity index (χ3v) is 3.29. The average molecular weight is 263 g/mol. The fourth-order valence-electron chi connectivity index (χ4n) is 1.60. The Kier molecular flexibility index (Phi) is 3.52. The number of para-hydroxylation sites is 1. The van der Waals surface area contributed by atoms with E-state index < -0.39 is 0 Å². The fraction of sp³-hybridized carbons (Fsp3) is 0.182. The van der Waals surface area contributed by atoms with Gasteiger partial charge in [0.25, 0.3) is 5.56 Å². The second-order valence-corrected chi connectivity index (χ2v) is 4.74. The number of hydrazone groups is 1. The number of benzene rings is 1. The van der Waals surface area contributed by atoms with Crippen molar-refractivity contribution >= 4 is 27.8 Å². The topological polar surface area (TPSA) is 110 Å². The van der Waals surface area contributed by atoms with Crippen LogP contribution in [0.2, 0.25) is 0 Å². The molecule has 0 radical (unpaired) electrons. The lowest BCUT2D eigenvalue weighted by Gasteiger charge is -2.04. The van der Waals surface area contributed by atoms with Crippen LogP contribution in [-0.4, -0.2) is 15.1 Å². The summed E-state index contributed by atoms with van der Waals surface area (Å²) in [6.07, 6.45) is 0. The van der Waals surface area contributed by atoms with Crippen LogP contribution in [0.1, 0.15) is 11.4 Å². The van der Waals surface area contributed by atoms with Crippen molar-refractivity contribution in [2.24, 2.45) is 16.7 Å². The second-order valence-electron chi connectivity index (χ2n) is 3.74. The van der Waals surface area contributed by atoms with E-state index in [1.807, 2.05) is 19.1 Å². The van der Waals surface area contributed by atoms with Gasteiger partial charge in [-0.3, -0.25) is 4.79 Å². The van der Waals surface area contributed by atoms with Crippen molar-refractivity contribution in [3.05, 3.63) is 39.9 Å². The number of hydrogen-bond donors (Lipinski definition) is 3. The Labute approximate surface area is 107 Å². The van der Waals surface area contributed by atoms with Gasteiger partial charge in [0.1, 0.15) is 5.82 Å². The highest BCUT2D eigenvalue weighted by atomic mass is 32.2. The molecule has 0 atom stereocenters. The largest absolute Gasteiger partial charge is 0.377 e. The van der Waals surface area contributed by atoms with E-state index in [2.05, 4.69) is 15.1 Å². The number of fused-ring (bicyclic) bond motifs is 1. The molecule has 0 saturated carbocycles. The van der Waals surface area contributed by atoms with Crippen molar-refractivity contribution in [2.75, 3.05) is 0 Å². The number of H-pyrrole nitrogens is 1. The van der Waals surface area contributed by atoms with Crippen molar-refractivity contribution < 1.29 is 0 Å². The van der Waals surface area contributed by atoms with E-state index in [-0.39, 0.29) is 10.7 Å². The monoisotopic (exact) mass is 263 g/mol. The zero-order chi connectivity index (χ0) is 13.1. The first-order chi connectivity index (χ1) is 8.61. The Balaban J connectivity index is 2.42. The van der Waals surface area contributed by atoms with Crippen LogP contribution in [0.25, 0.3) is 10.9 Å². The zero-order valence-corrected chi connectivity index (χ0v) is 10.6. The van der Waals surface area contributed by atoms with Gasteiger partial charge in [-0.1, -0.05) is 23.9 Å². The van der Waals surface area contributed by atoms with E-state index in [0.717, 1.165) is 5.56 Å². The Bertz CT molecular complexity index is 664. The lowest BCUT2D eigenvalue weighted by molar-refractivity contribution is 1.04. The molecule has 6 nitrogen and oxygen atoms in total. The van der Waals surface area contributed by atoms with Gasteiger partial charge in [0.05, 0.1) is 16.7 Å². The average Bonchev–Trinajstić information content (AvgIpc) is 2.37. The Morgan fingerprint density at radius 1 is 1.56 bits per heavy atom. The van der Waals surface area contributed by atoms with E-state index >= 15 is 0 Å². The van der Waals surface area contributed by atoms with Crippen LogP contribution in [-0.2, 0) is 5.75 Å². The summed E-state index contributed by atoms with van der Waals surface area (Å²) in [6.45, 7) is 1.92. The molecular weight excluding hydrogens is 250 g/mol. The first kappa shape index (κ1) is 12.4. The van der Waals surface area contributed by atoms with Gasteiger partial charge in [0.2, 0.25) is 0 Å². The van der Waals surface area contributed by atoms with Crippen molar-refractivity contribution in [3.63, 3.8) is 0 Å². The van der Waals surface area contributed by atoms with Crippen LogP contribution < -0.4 is 17.1 Å². The molecule has 0 amide bonds. The van der Waals surface area contributed by atoms with Crippen LogP contribution in [0.5, 0.6) is 0 Å². The number of nitrogens with one attached hydrogen (secondary N) is 1. The fourth-order valence-corrected chi connectivity index (χ4v) is 2.10. The lowest BCUT2D eigenvalue weighted by Crippen LogP contribution is -2.14. The van der Waals surface area contributed by atoms with Gasteiger partial charge in [0.15, 0.2) is 5.17 Å². The minimum absolute atomic E-state index is 0.150. The van der Waals surface area contributed by atoms with Crippen LogP contribution >= 0.6 is 11.8 Å². The number of nitrogens with zero attached hydrogens (tertiary/aromatic N) is 2. The SMILES string of the molecule is Cc1cccc2c(=O)[nH]c(CSC(N)=NN)nc12. The Hall–Kier alpha value is -2.02. The number of aromatic amines is 1. The van der Waals surface area contributed by atoms with Crippen molar-refractivity contribution in [1.29, 1.82) is 0 Å². The van der Waals surface area contributed by atoms with Crippen LogP contribution in [0.15, 0.2) is 28.1 Å². The highest BCUT2D eigenvalue weighted by Crippen LogP contribution is 2.14. The smallest absolute Gasteiger partial charge is 0.258 e. The first-order valence-corrected chi connectivity index (χ1v) is 6.25. The summed E-state index contributed by atoms with van der Waals surface area (Å²) in [5, 5.41) is 4.18. The maximum absolute atomic E-state index is 11.9. The third kappa shape index (κ3) is 2.45. The second kappa shape index (κ2) is 5.09. The Morgan fingerprint density at radius 2 is 2.33 bits per heavy atom. The molecule has 2 rings (SSSR count). The molecule has 5 N–H and O–H groups in total. The van der Waals surface area contributed by atoms with Crippen LogP contribution in [0, 0.1) is 6.92 Å². The molecule has 0 bridgehead atoms. The molecule has 1 heterocycles. The molecule has 94 valence electrons. The van der Waals surface area contributed by atoms with Gasteiger partial charge in [-0.05, 0) is 18.6 Å². The Morgan fingerprint density at radius 3 is 3.06 bits per heavy atom. The number of nitrogens with two attached hydrogens (primary N) is 2. The quantitative estimate of drug-likeness (QED) is 0.319. The summed E-state index contributed by atoms with van der Waals surface area (Å²) in [5.41, 5.74) is 6.99. The normalized spacial score (nSPS) is 11.9. The van der Waals surface area contributed by atoms with E-state index in [9.17, 15) is 4.79 Å². The first-order valence-electron chi connectivity index (χ1n) is 5.26. The summed E-state index contributed by atoms with van der Waals surface area (Å²) in [6, 6.07) is 5.50. The third-order valence-electron chi connectivity index (χ3n) is 2.47. The molecule has 1 aromatic heterocycles. The van der Waals surface area contributed by atoms with Gasteiger partial charge in [-0.2, -0.15) is 5.10 Å². The molecule has 0 saturated heterocycles. The summed E-state index contributed by atoms with van der Waals surface area (Å²) in [7, 11) is 0. The van der Waals surface area contributed by atoms with Gasteiger partial charge in [-0.15, -0.1) is 0 Å². The molecule has 0 aliphatic heterocycles. The number of amidine groups is 1. The van der Waals surface area contributed by atoms with Crippen molar-refractivity contribution in [1.82, 2.24) is 9.97 Å². The van der Waals surface area contributed by atoms with E-state index in [0.29, 0.717) is 22.5 Å². The molecule has 0 spiro atoms. The summed E-state index contributed by atoms with van der Waals surface area (Å²) in [5.74, 6) is 6.01. The molecule has 0 aliphatic rings. The molecular formula is C11H13N5OS. The van der Waals surface area contributed by atoms with Crippen LogP contribution in [0.4, 0.5) is 0 Å². The van der Waals surface area contributed by atoms with E-state index in [1.54, 1.807) is 6.07 Å². The molecule has 18 heavy (non-hydrogen) atoms. The highest BCUT2D eigenvalue weighted by Gasteiger charge is 2.06. The maximum atomic E-state index is 11.9. The zero-order valence-electron chi connectivity index (χ0n) is 9.80. The van der Waals surface area contributed by atoms with Crippen molar-refractivity contribution in [3.8, 4) is 0 Å². The molecule has 0 fully saturated rings. The number of aryl methyl sites for hydroxylation is 1. The van der Waals surface area contributed by atoms with Crippen molar-refractivity contribution in [2.45, 2.75) is 12.7 Å². The maximum Gasteiger partial charge on any atom is 0.258 e. The molecule has 7 heteroatoms.